The smallest absolute Gasteiger partial charge is 0.277 e. The lowest BCUT2D eigenvalue weighted by molar-refractivity contribution is 0.112. The predicted octanol–water partition coefficient (Wildman–Crippen LogP) is 0.774. The van der Waals surface area contributed by atoms with Gasteiger partial charge in [-0.05, 0) is 19.4 Å². The van der Waals surface area contributed by atoms with E-state index in [9.17, 15) is 9.59 Å². The summed E-state index contributed by atoms with van der Waals surface area (Å²) in [4.78, 5) is 21.9. The van der Waals surface area contributed by atoms with Crippen molar-refractivity contribution in [3.63, 3.8) is 0 Å². The first-order valence-corrected chi connectivity index (χ1v) is 4.23. The average molecular weight is 180 g/mol. The molecule has 0 bridgehead atoms. The normalized spacial score (nSPS) is 10.0. The fourth-order valence-corrected chi connectivity index (χ4v) is 1.15. The molecule has 0 aliphatic heterocycles. The molecule has 0 saturated heterocycles. The Bertz CT molecular complexity index is 368. The first kappa shape index (κ1) is 9.64. The highest BCUT2D eigenvalue weighted by atomic mass is 16.1. The quantitative estimate of drug-likeness (QED) is 0.646. The second-order valence-electron chi connectivity index (χ2n) is 2.89. The number of carbonyl (C=O) groups is 1. The number of hydrogen-bond donors (Lipinski definition) is 0. The van der Waals surface area contributed by atoms with E-state index >= 15 is 0 Å². The lowest BCUT2D eigenvalue weighted by Gasteiger charge is -2.03. The van der Waals surface area contributed by atoms with Gasteiger partial charge in [-0.2, -0.15) is 5.10 Å². The molecule has 4 nitrogen and oxygen atoms in total. The van der Waals surface area contributed by atoms with E-state index in [-0.39, 0.29) is 11.1 Å². The first-order valence-electron chi connectivity index (χ1n) is 4.23. The van der Waals surface area contributed by atoms with Crippen molar-refractivity contribution in [2.24, 2.45) is 0 Å². The van der Waals surface area contributed by atoms with E-state index in [1.54, 1.807) is 6.92 Å². The van der Waals surface area contributed by atoms with Crippen molar-refractivity contribution in [3.8, 4) is 0 Å². The van der Waals surface area contributed by atoms with E-state index < -0.39 is 0 Å². The van der Waals surface area contributed by atoms with E-state index in [2.05, 4.69) is 5.10 Å². The van der Waals surface area contributed by atoms with E-state index in [0.717, 1.165) is 6.42 Å². The molecule has 0 spiro atoms. The molecule has 0 unspecified atom stereocenters. The van der Waals surface area contributed by atoms with Crippen LogP contribution in [0.4, 0.5) is 0 Å². The molecule has 0 N–H and O–H groups in total. The van der Waals surface area contributed by atoms with Gasteiger partial charge in [0.05, 0.1) is 11.3 Å². The largest absolute Gasteiger partial charge is 0.298 e. The predicted molar refractivity (Wildman–Crippen MR) is 48.9 cm³/mol. The zero-order chi connectivity index (χ0) is 9.84. The lowest BCUT2D eigenvalue weighted by atomic mass is 10.3. The van der Waals surface area contributed by atoms with Gasteiger partial charge in [-0.3, -0.25) is 9.59 Å². The summed E-state index contributed by atoms with van der Waals surface area (Å²) >= 11 is 0. The van der Waals surface area contributed by atoms with Crippen LogP contribution in [0.5, 0.6) is 0 Å². The Morgan fingerprint density at radius 1 is 1.62 bits per heavy atom. The Morgan fingerprint density at radius 2 is 2.31 bits per heavy atom. The van der Waals surface area contributed by atoms with Crippen molar-refractivity contribution in [2.45, 2.75) is 26.8 Å². The van der Waals surface area contributed by atoms with Gasteiger partial charge in [0.15, 0.2) is 6.29 Å². The molecule has 0 fully saturated rings. The molecule has 0 amide bonds. The van der Waals surface area contributed by atoms with Crippen LogP contribution in [-0.4, -0.2) is 16.1 Å². The van der Waals surface area contributed by atoms with Crippen LogP contribution in [0.3, 0.4) is 0 Å². The zero-order valence-electron chi connectivity index (χ0n) is 7.78. The average Bonchev–Trinajstić information content (AvgIpc) is 2.11. The van der Waals surface area contributed by atoms with Crippen LogP contribution in [0, 0.1) is 6.92 Å². The van der Waals surface area contributed by atoms with Crippen LogP contribution >= 0.6 is 0 Å². The number of carbonyl (C=O) groups excluding carboxylic acids is 1. The topological polar surface area (TPSA) is 52.0 Å². The van der Waals surface area contributed by atoms with E-state index in [1.165, 1.54) is 10.7 Å². The summed E-state index contributed by atoms with van der Waals surface area (Å²) in [6.45, 7) is 4.27. The summed E-state index contributed by atoms with van der Waals surface area (Å²) in [7, 11) is 0. The fourth-order valence-electron chi connectivity index (χ4n) is 1.15. The second-order valence-corrected chi connectivity index (χ2v) is 2.89. The number of aromatic nitrogens is 2. The zero-order valence-corrected chi connectivity index (χ0v) is 7.78. The van der Waals surface area contributed by atoms with Crippen molar-refractivity contribution in [1.29, 1.82) is 0 Å². The van der Waals surface area contributed by atoms with E-state index in [0.29, 0.717) is 18.5 Å². The van der Waals surface area contributed by atoms with Gasteiger partial charge < -0.3 is 0 Å². The minimum absolute atomic E-state index is 0.181. The Morgan fingerprint density at radius 3 is 2.85 bits per heavy atom. The molecule has 4 heteroatoms. The molecule has 1 aromatic heterocycles. The molecule has 1 aromatic rings. The number of rotatable bonds is 3. The van der Waals surface area contributed by atoms with Crippen LogP contribution in [-0.2, 0) is 6.54 Å². The minimum Gasteiger partial charge on any atom is -0.298 e. The summed E-state index contributed by atoms with van der Waals surface area (Å²) in [6.07, 6.45) is 1.40. The molecule has 1 rings (SSSR count). The maximum atomic E-state index is 11.4. The summed E-state index contributed by atoms with van der Waals surface area (Å²) < 4.78 is 1.33. The van der Waals surface area contributed by atoms with Gasteiger partial charge in [-0.1, -0.05) is 6.92 Å². The Kier molecular flexibility index (Phi) is 2.95. The van der Waals surface area contributed by atoms with Crippen LogP contribution < -0.4 is 5.56 Å². The molecular weight excluding hydrogens is 168 g/mol. The monoisotopic (exact) mass is 180 g/mol. The van der Waals surface area contributed by atoms with Crippen molar-refractivity contribution in [3.05, 3.63) is 27.7 Å². The van der Waals surface area contributed by atoms with Crippen LogP contribution in [0.25, 0.3) is 0 Å². The summed E-state index contributed by atoms with van der Waals surface area (Å²) in [5.41, 5.74) is 0.568. The molecule has 13 heavy (non-hydrogen) atoms. The fraction of sp³-hybridized carbons (Fsp3) is 0.444. The third-order valence-electron chi connectivity index (χ3n) is 1.69. The SMILES string of the molecule is CCCn1nc(C)cc(C=O)c1=O. The number of aldehydes is 1. The maximum Gasteiger partial charge on any atom is 0.277 e. The molecular formula is C9H12N2O2. The van der Waals surface area contributed by atoms with Gasteiger partial charge in [0, 0.05) is 6.54 Å². The minimum atomic E-state index is -0.303. The summed E-state index contributed by atoms with van der Waals surface area (Å²) in [6, 6.07) is 1.50. The Balaban J connectivity index is 3.27. The third kappa shape index (κ3) is 2.02. The van der Waals surface area contributed by atoms with E-state index in [4.69, 9.17) is 0 Å². The molecule has 0 radical (unpaired) electrons. The standard InChI is InChI=1S/C9H12N2O2/c1-3-4-11-9(13)8(6-12)5-7(2)10-11/h5-6H,3-4H2,1-2H3. The molecule has 0 atom stereocenters. The molecule has 1 heterocycles. The highest BCUT2D eigenvalue weighted by molar-refractivity contribution is 5.73. The van der Waals surface area contributed by atoms with E-state index in [1.807, 2.05) is 6.92 Å². The highest BCUT2D eigenvalue weighted by Gasteiger charge is 2.03. The molecule has 70 valence electrons. The van der Waals surface area contributed by atoms with Gasteiger partial charge in [0.1, 0.15) is 0 Å². The number of aryl methyl sites for hydroxylation is 2. The van der Waals surface area contributed by atoms with Crippen molar-refractivity contribution in [2.75, 3.05) is 0 Å². The third-order valence-corrected chi connectivity index (χ3v) is 1.69. The Hall–Kier alpha value is -1.45. The highest BCUT2D eigenvalue weighted by Crippen LogP contribution is 1.93. The van der Waals surface area contributed by atoms with Gasteiger partial charge in [0.2, 0.25) is 0 Å². The molecule has 0 saturated carbocycles. The van der Waals surface area contributed by atoms with Crippen molar-refractivity contribution >= 4 is 6.29 Å². The van der Waals surface area contributed by atoms with Crippen LogP contribution in [0.15, 0.2) is 10.9 Å². The summed E-state index contributed by atoms with van der Waals surface area (Å²) in [5.74, 6) is 0. The molecule has 0 aromatic carbocycles. The van der Waals surface area contributed by atoms with Crippen LogP contribution in [0.1, 0.15) is 29.4 Å². The van der Waals surface area contributed by atoms with Gasteiger partial charge >= 0.3 is 0 Å². The number of hydrogen-bond acceptors (Lipinski definition) is 3. The number of nitrogens with zero attached hydrogens (tertiary/aromatic N) is 2. The summed E-state index contributed by atoms with van der Waals surface area (Å²) in [5, 5.41) is 4.02. The Labute approximate surface area is 76.2 Å². The van der Waals surface area contributed by atoms with Crippen molar-refractivity contribution in [1.82, 2.24) is 9.78 Å². The van der Waals surface area contributed by atoms with Gasteiger partial charge in [0.25, 0.3) is 5.56 Å². The van der Waals surface area contributed by atoms with Gasteiger partial charge in [-0.15, -0.1) is 0 Å². The van der Waals surface area contributed by atoms with Gasteiger partial charge in [-0.25, -0.2) is 4.68 Å². The maximum absolute atomic E-state index is 11.4. The second kappa shape index (κ2) is 3.98. The molecule has 0 aliphatic carbocycles. The van der Waals surface area contributed by atoms with Crippen LogP contribution in [0.2, 0.25) is 0 Å². The first-order chi connectivity index (χ1) is 6.19. The molecule has 0 aliphatic rings. The van der Waals surface area contributed by atoms with Crippen molar-refractivity contribution < 1.29 is 4.79 Å². The lowest BCUT2D eigenvalue weighted by Crippen LogP contribution is -2.26.